The van der Waals surface area contributed by atoms with Crippen LogP contribution in [0.25, 0.3) is 22.1 Å². The fourth-order valence-electron chi connectivity index (χ4n) is 1.41. The summed E-state index contributed by atoms with van der Waals surface area (Å²) in [4.78, 5) is 8.04. The van der Waals surface area contributed by atoms with Crippen molar-refractivity contribution in [2.45, 2.75) is 0 Å². The minimum atomic E-state index is 0.720. The third-order valence-corrected chi connectivity index (χ3v) is 1.98. The Hall–Kier alpha value is -1.90. The number of benzene rings is 1. The smallest absolute Gasteiger partial charge is 0.172 e. The lowest BCUT2D eigenvalue weighted by molar-refractivity contribution is 0.665. The quantitative estimate of drug-likeness (QED) is 0.517. The van der Waals surface area contributed by atoms with Gasteiger partial charge in [0.25, 0.3) is 0 Å². The lowest BCUT2D eigenvalue weighted by Gasteiger charge is -1.83. The zero-order valence-electron chi connectivity index (χ0n) is 6.69. The van der Waals surface area contributed by atoms with Crippen molar-refractivity contribution in [3.05, 3.63) is 36.8 Å². The Kier molecular flexibility index (Phi) is 1.16. The molecule has 1 aromatic carbocycles. The predicted octanol–water partition coefficient (Wildman–Crippen LogP) is 2.18. The van der Waals surface area contributed by atoms with Crippen LogP contribution in [0.2, 0.25) is 0 Å². The number of aromatic nitrogens is 2. The molecule has 0 unspecified atom stereocenters. The lowest BCUT2D eigenvalue weighted by atomic mass is 10.2. The summed E-state index contributed by atoms with van der Waals surface area (Å²) in [7, 11) is 0. The van der Waals surface area contributed by atoms with E-state index < -0.39 is 0 Å². The van der Waals surface area contributed by atoms with Gasteiger partial charge in [0.2, 0.25) is 0 Å². The largest absolute Gasteiger partial charge is 0.453 e. The molecule has 0 aliphatic carbocycles. The van der Waals surface area contributed by atoms with Gasteiger partial charge in [-0.25, -0.2) is 9.97 Å². The Labute approximate surface area is 74.0 Å². The number of furan rings is 1. The minimum Gasteiger partial charge on any atom is -0.453 e. The predicted molar refractivity (Wildman–Crippen MR) is 48.1 cm³/mol. The number of fused-ring (bicyclic) bond motifs is 3. The molecular formula is C10H5N2O. The summed E-state index contributed by atoms with van der Waals surface area (Å²) in [5.74, 6) is 0. The molecule has 3 rings (SSSR count). The SMILES string of the molecule is [c]1ccc2c(c1)oc1cncnc12. The molecule has 3 aromatic rings. The van der Waals surface area contributed by atoms with E-state index in [-0.39, 0.29) is 0 Å². The second-order valence-electron chi connectivity index (χ2n) is 2.76. The number of rotatable bonds is 0. The maximum absolute atomic E-state index is 5.50. The highest BCUT2D eigenvalue weighted by Crippen LogP contribution is 2.24. The van der Waals surface area contributed by atoms with Gasteiger partial charge in [0.05, 0.1) is 6.20 Å². The van der Waals surface area contributed by atoms with Gasteiger partial charge in [-0.15, -0.1) is 0 Å². The van der Waals surface area contributed by atoms with Crippen molar-refractivity contribution in [2.75, 3.05) is 0 Å². The van der Waals surface area contributed by atoms with Crippen LogP contribution in [-0.4, -0.2) is 9.97 Å². The molecular weight excluding hydrogens is 164 g/mol. The molecule has 0 amide bonds. The van der Waals surface area contributed by atoms with E-state index in [1.54, 1.807) is 12.3 Å². The molecule has 3 heteroatoms. The van der Waals surface area contributed by atoms with E-state index >= 15 is 0 Å². The first-order valence-corrected chi connectivity index (χ1v) is 3.93. The maximum atomic E-state index is 5.50. The van der Waals surface area contributed by atoms with Crippen LogP contribution in [0, 0.1) is 6.07 Å². The standard InChI is InChI=1S/C10H5N2O/c1-2-4-8-7(3-1)10-9(13-8)5-11-6-12-10/h1,3-6H. The Balaban J connectivity index is 2.64. The third kappa shape index (κ3) is 0.839. The average molecular weight is 169 g/mol. The minimum absolute atomic E-state index is 0.720. The Morgan fingerprint density at radius 2 is 2.31 bits per heavy atom. The van der Waals surface area contributed by atoms with Crippen LogP contribution in [-0.2, 0) is 0 Å². The summed E-state index contributed by atoms with van der Waals surface area (Å²) in [6.45, 7) is 0. The molecule has 1 radical (unpaired) electrons. The molecule has 0 atom stereocenters. The Morgan fingerprint density at radius 1 is 1.31 bits per heavy atom. The molecule has 0 fully saturated rings. The first kappa shape index (κ1) is 6.60. The summed E-state index contributed by atoms with van der Waals surface area (Å²) < 4.78 is 5.50. The van der Waals surface area contributed by atoms with Gasteiger partial charge in [-0.3, -0.25) is 0 Å². The second kappa shape index (κ2) is 2.29. The number of hydrogen-bond acceptors (Lipinski definition) is 3. The number of nitrogens with zero attached hydrogens (tertiary/aromatic N) is 2. The van der Waals surface area contributed by atoms with E-state index in [9.17, 15) is 0 Å². The molecule has 0 bridgehead atoms. The third-order valence-electron chi connectivity index (χ3n) is 1.98. The van der Waals surface area contributed by atoms with E-state index in [2.05, 4.69) is 16.0 Å². The van der Waals surface area contributed by atoms with Crippen LogP contribution < -0.4 is 0 Å². The molecule has 0 saturated carbocycles. The first-order valence-electron chi connectivity index (χ1n) is 3.93. The van der Waals surface area contributed by atoms with E-state index in [0.717, 1.165) is 22.1 Å². The summed E-state index contributed by atoms with van der Waals surface area (Å²) in [5.41, 5.74) is 2.38. The monoisotopic (exact) mass is 169 g/mol. The molecule has 13 heavy (non-hydrogen) atoms. The maximum Gasteiger partial charge on any atom is 0.172 e. The topological polar surface area (TPSA) is 38.9 Å². The van der Waals surface area contributed by atoms with Crippen LogP contribution in [0.4, 0.5) is 0 Å². The van der Waals surface area contributed by atoms with E-state index in [1.165, 1.54) is 6.33 Å². The molecule has 3 nitrogen and oxygen atoms in total. The zero-order chi connectivity index (χ0) is 8.67. The van der Waals surface area contributed by atoms with Crippen LogP contribution in [0.3, 0.4) is 0 Å². The second-order valence-corrected chi connectivity index (χ2v) is 2.76. The molecule has 61 valence electrons. The summed E-state index contributed by atoms with van der Waals surface area (Å²) in [6, 6.07) is 8.54. The van der Waals surface area contributed by atoms with Crippen molar-refractivity contribution in [1.29, 1.82) is 0 Å². The van der Waals surface area contributed by atoms with E-state index in [4.69, 9.17) is 4.42 Å². The lowest BCUT2D eigenvalue weighted by Crippen LogP contribution is -1.74. The molecule has 2 aromatic heterocycles. The molecule has 0 spiro atoms. The van der Waals surface area contributed by atoms with Crippen molar-refractivity contribution >= 4 is 22.1 Å². The Morgan fingerprint density at radius 3 is 3.31 bits per heavy atom. The van der Waals surface area contributed by atoms with Crippen LogP contribution in [0.5, 0.6) is 0 Å². The fraction of sp³-hybridized carbons (Fsp3) is 0. The summed E-state index contributed by atoms with van der Waals surface area (Å²) >= 11 is 0. The van der Waals surface area contributed by atoms with Gasteiger partial charge in [0.1, 0.15) is 17.4 Å². The summed E-state index contributed by atoms with van der Waals surface area (Å²) in [5, 5.41) is 1.01. The molecule has 0 aliphatic heterocycles. The Bertz CT molecular complexity index is 521. The van der Waals surface area contributed by atoms with Crippen molar-refractivity contribution in [3.63, 3.8) is 0 Å². The van der Waals surface area contributed by atoms with E-state index in [1.807, 2.05) is 12.1 Å². The highest BCUT2D eigenvalue weighted by Gasteiger charge is 2.05. The molecule has 2 heterocycles. The highest BCUT2D eigenvalue weighted by atomic mass is 16.3. The van der Waals surface area contributed by atoms with E-state index in [0.29, 0.717) is 0 Å². The average Bonchev–Trinajstić information content (AvgIpc) is 2.56. The molecule has 0 saturated heterocycles. The van der Waals surface area contributed by atoms with Crippen LogP contribution >= 0.6 is 0 Å². The van der Waals surface area contributed by atoms with Gasteiger partial charge in [-0.2, -0.15) is 0 Å². The number of hydrogen-bond donors (Lipinski definition) is 0. The zero-order valence-corrected chi connectivity index (χ0v) is 6.69. The van der Waals surface area contributed by atoms with Crippen LogP contribution in [0.15, 0.2) is 35.1 Å². The van der Waals surface area contributed by atoms with Crippen molar-refractivity contribution in [2.24, 2.45) is 0 Å². The molecule has 0 aliphatic rings. The van der Waals surface area contributed by atoms with Crippen molar-refractivity contribution < 1.29 is 4.42 Å². The van der Waals surface area contributed by atoms with Gasteiger partial charge in [0, 0.05) is 5.39 Å². The van der Waals surface area contributed by atoms with Crippen molar-refractivity contribution in [1.82, 2.24) is 9.97 Å². The van der Waals surface area contributed by atoms with Gasteiger partial charge in [0.15, 0.2) is 5.58 Å². The van der Waals surface area contributed by atoms with Gasteiger partial charge >= 0.3 is 0 Å². The fourth-order valence-corrected chi connectivity index (χ4v) is 1.41. The van der Waals surface area contributed by atoms with Crippen molar-refractivity contribution in [3.8, 4) is 0 Å². The molecule has 0 N–H and O–H groups in total. The van der Waals surface area contributed by atoms with Crippen LogP contribution in [0.1, 0.15) is 0 Å². The summed E-state index contributed by atoms with van der Waals surface area (Å²) in [6.07, 6.45) is 3.19. The van der Waals surface area contributed by atoms with Gasteiger partial charge < -0.3 is 4.42 Å². The van der Waals surface area contributed by atoms with Gasteiger partial charge in [-0.1, -0.05) is 6.07 Å². The van der Waals surface area contributed by atoms with Gasteiger partial charge in [-0.05, 0) is 18.2 Å². The normalized spacial score (nSPS) is 11.1. The highest BCUT2D eigenvalue weighted by molar-refractivity contribution is 6.01. The first-order chi connectivity index (χ1) is 6.45.